The zero-order valence-electron chi connectivity index (χ0n) is 17.4. The molecule has 2 atom stereocenters. The summed E-state index contributed by atoms with van der Waals surface area (Å²) in [6, 6.07) is 3.33. The summed E-state index contributed by atoms with van der Waals surface area (Å²) in [4.78, 5) is 14.9. The number of aryl methyl sites for hydroxylation is 2. The molecule has 2 aliphatic heterocycles. The molecule has 0 fully saturated rings. The Morgan fingerprint density at radius 1 is 0.688 bits per heavy atom. The highest BCUT2D eigenvalue weighted by molar-refractivity contribution is 7.96. The van der Waals surface area contributed by atoms with Gasteiger partial charge < -0.3 is 0 Å². The molecular weight excluding hydrogens is 444 g/mol. The first-order chi connectivity index (χ1) is 15.2. The molecule has 0 N–H and O–H groups in total. The molecule has 2 unspecified atom stereocenters. The van der Waals surface area contributed by atoms with Crippen molar-refractivity contribution in [2.24, 2.45) is 0 Å². The molecule has 7 heteroatoms. The molecule has 32 heavy (non-hydrogen) atoms. The number of allylic oxidation sites excluding steroid dienone is 6. The van der Waals surface area contributed by atoms with Gasteiger partial charge in [-0.1, -0.05) is 24.3 Å². The van der Waals surface area contributed by atoms with Crippen LogP contribution in [0.15, 0.2) is 67.2 Å². The van der Waals surface area contributed by atoms with Crippen LogP contribution in [0.1, 0.15) is 46.9 Å². The normalized spacial score (nSPS) is 27.4. The molecule has 5 aliphatic rings. The van der Waals surface area contributed by atoms with Crippen molar-refractivity contribution in [2.75, 3.05) is 0 Å². The van der Waals surface area contributed by atoms with Crippen LogP contribution in [0.4, 0.5) is 0 Å². The van der Waals surface area contributed by atoms with Gasteiger partial charge in [-0.25, -0.2) is 16.8 Å². The van der Waals surface area contributed by atoms with Gasteiger partial charge in [0, 0.05) is 0 Å². The summed E-state index contributed by atoms with van der Waals surface area (Å²) >= 11 is 0. The van der Waals surface area contributed by atoms with E-state index in [0.29, 0.717) is 40.5 Å². The fourth-order valence-corrected chi connectivity index (χ4v) is 10.3. The van der Waals surface area contributed by atoms with E-state index in [1.807, 2.05) is 26.0 Å². The summed E-state index contributed by atoms with van der Waals surface area (Å²) in [6.07, 6.45) is 7.99. The molecule has 2 aromatic carbocycles. The quantitative estimate of drug-likeness (QED) is 0.586. The van der Waals surface area contributed by atoms with Crippen LogP contribution in [0.2, 0.25) is 0 Å². The summed E-state index contributed by atoms with van der Waals surface area (Å²) in [5.41, 5.74) is 3.61. The molecule has 0 spiro atoms. The Kier molecular flexibility index (Phi) is 3.17. The van der Waals surface area contributed by atoms with E-state index in [0.717, 1.165) is 16.5 Å². The summed E-state index contributed by atoms with van der Waals surface area (Å²) < 4.78 is 54.2. The summed E-state index contributed by atoms with van der Waals surface area (Å²) in [6.45, 7) is 3.72. The lowest BCUT2D eigenvalue weighted by Crippen LogP contribution is -2.37. The molecule has 0 radical (unpaired) electrons. The maximum absolute atomic E-state index is 14.1. The fraction of sp³-hybridized carbons (Fsp3) is 0.240. The summed E-state index contributed by atoms with van der Waals surface area (Å²) in [7, 11) is -7.57. The standard InChI is InChI=1S/C25H18O5S2/c1-11-9-17-22-20(13-5-3-7-15(13)31(17,27)28)25(26)21-14-6-4-8-16(14)32(29,30)18-10-12(2)19(11)24(22)23(18)21/h5-10,20-21H,3-4H2,1-2H3. The zero-order chi connectivity index (χ0) is 22.3. The Hall–Kier alpha value is -2.77. The Labute approximate surface area is 185 Å². The number of rotatable bonds is 0. The number of ketones is 1. The lowest BCUT2D eigenvalue weighted by atomic mass is 9.68. The first-order valence-corrected chi connectivity index (χ1v) is 13.6. The SMILES string of the molecule is Cc1cc2c3c4c5c(cc(C)c14)S(=O)(=O)C1=CCC=C1C5C(=O)C3C1=CCC=C1S2(=O)=O. The van der Waals surface area contributed by atoms with Crippen LogP contribution < -0.4 is 0 Å². The minimum Gasteiger partial charge on any atom is -0.298 e. The number of sulfone groups is 2. The highest BCUT2D eigenvalue weighted by atomic mass is 32.2. The monoisotopic (exact) mass is 462 g/mol. The van der Waals surface area contributed by atoms with Gasteiger partial charge in [0.1, 0.15) is 0 Å². The highest BCUT2D eigenvalue weighted by Gasteiger charge is 2.54. The van der Waals surface area contributed by atoms with Crippen LogP contribution in [0.5, 0.6) is 0 Å². The second-order valence-electron chi connectivity index (χ2n) is 9.16. The number of carbonyl (C=O) groups is 1. The third kappa shape index (κ3) is 1.83. The van der Waals surface area contributed by atoms with Gasteiger partial charge in [-0.15, -0.1) is 0 Å². The predicted octanol–water partition coefficient (Wildman–Crippen LogP) is 4.21. The molecule has 0 bridgehead atoms. The molecule has 2 heterocycles. The van der Waals surface area contributed by atoms with Gasteiger partial charge in [-0.3, -0.25) is 4.79 Å². The molecule has 160 valence electrons. The van der Waals surface area contributed by atoms with Crippen molar-refractivity contribution in [3.05, 3.63) is 79.6 Å². The van der Waals surface area contributed by atoms with Crippen molar-refractivity contribution in [3.8, 4) is 0 Å². The first-order valence-electron chi connectivity index (χ1n) is 10.6. The second kappa shape index (κ2) is 5.41. The van der Waals surface area contributed by atoms with Crippen molar-refractivity contribution in [2.45, 2.75) is 48.3 Å². The third-order valence-corrected chi connectivity index (χ3v) is 11.4. The summed E-state index contributed by atoms with van der Waals surface area (Å²) in [5.74, 6) is -1.51. The van der Waals surface area contributed by atoms with Gasteiger partial charge in [-0.05, 0) is 83.0 Å². The van der Waals surface area contributed by atoms with Gasteiger partial charge in [0.15, 0.2) is 5.78 Å². The fourth-order valence-electron chi connectivity index (χ4n) is 6.46. The van der Waals surface area contributed by atoms with Crippen molar-refractivity contribution in [3.63, 3.8) is 0 Å². The lowest BCUT2D eigenvalue weighted by molar-refractivity contribution is -0.120. The van der Waals surface area contributed by atoms with Crippen LogP contribution in [0, 0.1) is 13.8 Å². The number of benzene rings is 2. The Morgan fingerprint density at radius 3 is 1.56 bits per heavy atom. The average molecular weight is 463 g/mol. The van der Waals surface area contributed by atoms with E-state index in [1.165, 1.54) is 0 Å². The molecular formula is C25H18O5S2. The van der Waals surface area contributed by atoms with Crippen molar-refractivity contribution in [1.29, 1.82) is 0 Å². The topological polar surface area (TPSA) is 85.3 Å². The maximum atomic E-state index is 14.1. The Morgan fingerprint density at radius 2 is 1.12 bits per heavy atom. The average Bonchev–Trinajstić information content (AvgIpc) is 3.40. The van der Waals surface area contributed by atoms with Gasteiger partial charge in [0.2, 0.25) is 19.7 Å². The molecule has 3 aliphatic carbocycles. The van der Waals surface area contributed by atoms with Crippen LogP contribution in [0.25, 0.3) is 10.8 Å². The molecule has 5 nitrogen and oxygen atoms in total. The highest BCUT2D eigenvalue weighted by Crippen LogP contribution is 2.60. The molecule has 0 saturated heterocycles. The van der Waals surface area contributed by atoms with E-state index < -0.39 is 31.5 Å². The van der Waals surface area contributed by atoms with Gasteiger partial charge in [0.05, 0.1) is 31.4 Å². The van der Waals surface area contributed by atoms with Gasteiger partial charge in [0.25, 0.3) is 0 Å². The van der Waals surface area contributed by atoms with Crippen LogP contribution in [-0.4, -0.2) is 22.6 Å². The van der Waals surface area contributed by atoms with E-state index in [-0.39, 0.29) is 25.4 Å². The zero-order valence-corrected chi connectivity index (χ0v) is 19.0. The minimum absolute atomic E-state index is 0.128. The van der Waals surface area contributed by atoms with E-state index >= 15 is 0 Å². The minimum atomic E-state index is -3.79. The van der Waals surface area contributed by atoms with Crippen LogP contribution in [-0.2, 0) is 24.5 Å². The predicted molar refractivity (Wildman–Crippen MR) is 120 cm³/mol. The molecule has 0 amide bonds. The first kappa shape index (κ1) is 18.8. The van der Waals surface area contributed by atoms with Crippen molar-refractivity contribution in [1.82, 2.24) is 0 Å². The van der Waals surface area contributed by atoms with Gasteiger partial charge in [-0.2, -0.15) is 0 Å². The number of hydrogen-bond acceptors (Lipinski definition) is 5. The number of Topliss-reactive ketones (excluding diaryl/α,β-unsaturated/α-hetero) is 1. The largest absolute Gasteiger partial charge is 0.298 e. The molecule has 7 rings (SSSR count). The van der Waals surface area contributed by atoms with E-state index in [2.05, 4.69) is 0 Å². The van der Waals surface area contributed by atoms with E-state index in [4.69, 9.17) is 0 Å². The van der Waals surface area contributed by atoms with Gasteiger partial charge >= 0.3 is 0 Å². The second-order valence-corrected chi connectivity index (χ2v) is 12.9. The molecule has 0 aromatic heterocycles. The third-order valence-electron chi connectivity index (χ3n) is 7.58. The van der Waals surface area contributed by atoms with Crippen molar-refractivity contribution >= 4 is 36.2 Å². The maximum Gasteiger partial charge on any atom is 0.206 e. The lowest BCUT2D eigenvalue weighted by Gasteiger charge is -2.40. The molecule has 2 aromatic rings. The Balaban J connectivity index is 1.80. The summed E-state index contributed by atoms with van der Waals surface area (Å²) in [5, 5.41) is 1.50. The Bertz CT molecular complexity index is 1610. The van der Waals surface area contributed by atoms with Crippen LogP contribution in [0.3, 0.4) is 0 Å². The number of hydrogen-bond donors (Lipinski definition) is 0. The molecule has 0 saturated carbocycles. The van der Waals surface area contributed by atoms with Crippen LogP contribution >= 0.6 is 0 Å². The van der Waals surface area contributed by atoms with E-state index in [1.54, 1.807) is 24.3 Å². The number of carbonyl (C=O) groups excluding carboxylic acids is 1. The van der Waals surface area contributed by atoms with E-state index in [9.17, 15) is 21.6 Å². The smallest absolute Gasteiger partial charge is 0.206 e. The van der Waals surface area contributed by atoms with Crippen molar-refractivity contribution < 1.29 is 21.6 Å². The number of fused-ring (bicyclic) bond motifs is 4.